The number of aromatic amines is 1. The van der Waals surface area contributed by atoms with Crippen LogP contribution in [-0.2, 0) is 4.74 Å². The van der Waals surface area contributed by atoms with E-state index >= 15 is 0 Å². The minimum absolute atomic E-state index is 0.0884. The number of nitrogens with one attached hydrogen (secondary N) is 1. The van der Waals surface area contributed by atoms with Crippen molar-refractivity contribution in [1.82, 2.24) is 9.97 Å². The van der Waals surface area contributed by atoms with Crippen molar-refractivity contribution in [3.63, 3.8) is 0 Å². The molecular weight excluding hydrogens is 328 g/mol. The van der Waals surface area contributed by atoms with Crippen molar-refractivity contribution in [2.45, 2.75) is 31.7 Å². The van der Waals surface area contributed by atoms with Gasteiger partial charge in [-0.05, 0) is 18.4 Å². The van der Waals surface area contributed by atoms with E-state index < -0.39 is 0 Å². The second-order valence-corrected chi connectivity index (χ2v) is 7.13. The SMILES string of the molecule is C[C@@H](c1ccccc1)[C@@H]1CCCN1c1nc(N2CCOCC2)cc(=O)[nH]1. The number of hydrogen-bond donors (Lipinski definition) is 1. The minimum atomic E-state index is -0.0884. The van der Waals surface area contributed by atoms with Gasteiger partial charge in [0, 0.05) is 37.7 Å². The molecule has 0 radical (unpaired) electrons. The van der Waals surface area contributed by atoms with Crippen LogP contribution in [0.25, 0.3) is 0 Å². The molecule has 0 unspecified atom stereocenters. The molecule has 1 N–H and O–H groups in total. The van der Waals surface area contributed by atoms with Crippen LogP contribution in [0.4, 0.5) is 11.8 Å². The van der Waals surface area contributed by atoms with Crippen molar-refractivity contribution in [3.8, 4) is 0 Å². The Balaban J connectivity index is 1.61. The first kappa shape index (κ1) is 17.1. The Hall–Kier alpha value is -2.34. The number of aromatic nitrogens is 2. The fourth-order valence-electron chi connectivity index (χ4n) is 4.08. The van der Waals surface area contributed by atoms with E-state index in [2.05, 4.69) is 46.0 Å². The molecule has 2 atom stereocenters. The summed E-state index contributed by atoms with van der Waals surface area (Å²) in [5.41, 5.74) is 1.24. The highest BCUT2D eigenvalue weighted by atomic mass is 16.5. The zero-order valence-electron chi connectivity index (χ0n) is 15.2. The molecule has 6 heteroatoms. The third-order valence-electron chi connectivity index (χ3n) is 5.52. The Morgan fingerprint density at radius 1 is 1.19 bits per heavy atom. The van der Waals surface area contributed by atoms with E-state index in [1.54, 1.807) is 6.07 Å². The molecular formula is C20H26N4O2. The lowest BCUT2D eigenvalue weighted by molar-refractivity contribution is 0.122. The van der Waals surface area contributed by atoms with Gasteiger partial charge in [0.2, 0.25) is 5.95 Å². The summed E-state index contributed by atoms with van der Waals surface area (Å²) in [5, 5.41) is 0. The molecule has 0 spiro atoms. The Bertz CT molecular complexity index is 786. The number of nitrogens with zero attached hydrogens (tertiary/aromatic N) is 3. The molecule has 0 saturated carbocycles. The van der Waals surface area contributed by atoms with E-state index in [0.717, 1.165) is 38.3 Å². The zero-order chi connectivity index (χ0) is 17.9. The summed E-state index contributed by atoms with van der Waals surface area (Å²) >= 11 is 0. The molecule has 2 fully saturated rings. The Morgan fingerprint density at radius 2 is 1.96 bits per heavy atom. The number of hydrogen-bond acceptors (Lipinski definition) is 5. The highest BCUT2D eigenvalue weighted by Gasteiger charge is 2.32. The van der Waals surface area contributed by atoms with Crippen LogP contribution in [0.15, 0.2) is 41.2 Å². The summed E-state index contributed by atoms with van der Waals surface area (Å²) in [4.78, 5) is 24.5. The van der Waals surface area contributed by atoms with E-state index in [1.165, 1.54) is 5.56 Å². The van der Waals surface area contributed by atoms with E-state index in [-0.39, 0.29) is 5.56 Å². The number of benzene rings is 1. The highest BCUT2D eigenvalue weighted by molar-refractivity contribution is 5.46. The molecule has 6 nitrogen and oxygen atoms in total. The summed E-state index contributed by atoms with van der Waals surface area (Å²) in [6, 6.07) is 12.5. The average Bonchev–Trinajstić information content (AvgIpc) is 3.18. The first-order chi connectivity index (χ1) is 12.7. The van der Waals surface area contributed by atoms with Gasteiger partial charge < -0.3 is 14.5 Å². The standard InChI is InChI=1S/C20H26N4O2/c1-15(16-6-3-2-4-7-16)17-8-5-9-24(17)20-21-18(14-19(25)22-20)23-10-12-26-13-11-23/h2-4,6-7,14-15,17H,5,8-13H2,1H3,(H,21,22,25)/t15-,17-/m0/s1. The number of rotatable bonds is 4. The van der Waals surface area contributed by atoms with Gasteiger partial charge in [-0.15, -0.1) is 0 Å². The summed E-state index contributed by atoms with van der Waals surface area (Å²) in [5.74, 6) is 1.84. The van der Waals surface area contributed by atoms with Crippen LogP contribution in [0.3, 0.4) is 0 Å². The second kappa shape index (κ2) is 7.50. The maximum Gasteiger partial charge on any atom is 0.254 e. The van der Waals surface area contributed by atoms with Gasteiger partial charge in [-0.25, -0.2) is 0 Å². The third kappa shape index (κ3) is 3.46. The minimum Gasteiger partial charge on any atom is -0.378 e. The zero-order valence-corrected chi connectivity index (χ0v) is 15.2. The van der Waals surface area contributed by atoms with Crippen molar-refractivity contribution < 1.29 is 4.74 Å². The molecule has 3 heterocycles. The first-order valence-corrected chi connectivity index (χ1v) is 9.48. The van der Waals surface area contributed by atoms with Gasteiger partial charge in [0.05, 0.1) is 13.2 Å². The lowest BCUT2D eigenvalue weighted by Crippen LogP contribution is -2.39. The van der Waals surface area contributed by atoms with Crippen LogP contribution in [0.5, 0.6) is 0 Å². The summed E-state index contributed by atoms with van der Waals surface area (Å²) in [7, 11) is 0. The molecule has 1 aromatic carbocycles. The molecule has 2 aromatic rings. The topological polar surface area (TPSA) is 61.5 Å². The molecule has 4 rings (SSSR count). The number of morpholine rings is 1. The molecule has 0 aliphatic carbocycles. The average molecular weight is 354 g/mol. The van der Waals surface area contributed by atoms with Gasteiger partial charge in [0.1, 0.15) is 5.82 Å². The third-order valence-corrected chi connectivity index (χ3v) is 5.52. The maximum atomic E-state index is 12.3. The summed E-state index contributed by atoms with van der Waals surface area (Å²) < 4.78 is 5.41. The molecule has 2 aliphatic rings. The van der Waals surface area contributed by atoms with E-state index in [1.807, 2.05) is 6.07 Å². The molecule has 0 bridgehead atoms. The summed E-state index contributed by atoms with van der Waals surface area (Å²) in [6.45, 7) is 6.11. The van der Waals surface area contributed by atoms with E-state index in [9.17, 15) is 4.79 Å². The quantitative estimate of drug-likeness (QED) is 0.913. The lowest BCUT2D eigenvalue weighted by Gasteiger charge is -2.32. The number of anilines is 2. The molecule has 2 saturated heterocycles. The number of H-pyrrole nitrogens is 1. The van der Waals surface area contributed by atoms with Gasteiger partial charge >= 0.3 is 0 Å². The summed E-state index contributed by atoms with van der Waals surface area (Å²) in [6.07, 6.45) is 2.23. The molecule has 1 aromatic heterocycles. The normalized spacial score (nSPS) is 21.8. The van der Waals surface area contributed by atoms with Gasteiger partial charge in [-0.3, -0.25) is 9.78 Å². The van der Waals surface area contributed by atoms with Crippen LogP contribution >= 0.6 is 0 Å². The molecule has 26 heavy (non-hydrogen) atoms. The van der Waals surface area contributed by atoms with Crippen LogP contribution in [0, 0.1) is 0 Å². The molecule has 0 amide bonds. The smallest absolute Gasteiger partial charge is 0.254 e. The van der Waals surface area contributed by atoms with Gasteiger partial charge in [0.25, 0.3) is 5.56 Å². The Morgan fingerprint density at radius 3 is 2.73 bits per heavy atom. The fourth-order valence-corrected chi connectivity index (χ4v) is 4.08. The van der Waals surface area contributed by atoms with E-state index in [4.69, 9.17) is 9.72 Å². The van der Waals surface area contributed by atoms with Crippen molar-refractivity contribution in [1.29, 1.82) is 0 Å². The van der Waals surface area contributed by atoms with Crippen LogP contribution in [-0.4, -0.2) is 48.9 Å². The fraction of sp³-hybridized carbons (Fsp3) is 0.500. The molecule has 2 aliphatic heterocycles. The van der Waals surface area contributed by atoms with Crippen molar-refractivity contribution in [2.24, 2.45) is 0 Å². The lowest BCUT2D eigenvalue weighted by atomic mass is 9.92. The largest absolute Gasteiger partial charge is 0.378 e. The van der Waals surface area contributed by atoms with Crippen molar-refractivity contribution >= 4 is 11.8 Å². The first-order valence-electron chi connectivity index (χ1n) is 9.48. The Labute approximate surface area is 153 Å². The van der Waals surface area contributed by atoms with Crippen molar-refractivity contribution in [3.05, 3.63) is 52.3 Å². The molecule has 138 valence electrons. The second-order valence-electron chi connectivity index (χ2n) is 7.13. The van der Waals surface area contributed by atoms with Gasteiger partial charge in [-0.2, -0.15) is 4.98 Å². The predicted octanol–water partition coefficient (Wildman–Crippen LogP) is 2.38. The van der Waals surface area contributed by atoms with Crippen LogP contribution < -0.4 is 15.4 Å². The van der Waals surface area contributed by atoms with Gasteiger partial charge in [0.15, 0.2) is 0 Å². The van der Waals surface area contributed by atoms with Crippen LogP contribution in [0.1, 0.15) is 31.2 Å². The van der Waals surface area contributed by atoms with Crippen LogP contribution in [0.2, 0.25) is 0 Å². The maximum absolute atomic E-state index is 12.3. The van der Waals surface area contributed by atoms with Gasteiger partial charge in [-0.1, -0.05) is 37.3 Å². The monoisotopic (exact) mass is 354 g/mol. The highest BCUT2D eigenvalue weighted by Crippen LogP contribution is 2.33. The predicted molar refractivity (Wildman–Crippen MR) is 103 cm³/mol. The number of ether oxygens (including phenoxy) is 1. The van der Waals surface area contributed by atoms with E-state index in [0.29, 0.717) is 31.1 Å². The van der Waals surface area contributed by atoms with Crippen molar-refractivity contribution in [2.75, 3.05) is 42.6 Å². The Kier molecular flexibility index (Phi) is 4.93.